The van der Waals surface area contributed by atoms with Crippen LogP contribution in [0.1, 0.15) is 12.8 Å². The molecule has 9 nitrogen and oxygen atoms in total. The fourth-order valence-electron chi connectivity index (χ4n) is 3.81. The van der Waals surface area contributed by atoms with Crippen molar-refractivity contribution in [2.24, 2.45) is 0 Å². The van der Waals surface area contributed by atoms with Gasteiger partial charge in [-0.3, -0.25) is 4.72 Å². The van der Waals surface area contributed by atoms with Crippen LogP contribution in [0.25, 0.3) is 10.6 Å². The third-order valence-electron chi connectivity index (χ3n) is 5.57. The van der Waals surface area contributed by atoms with E-state index >= 15 is 0 Å². The number of anilines is 2. The molecule has 0 amide bonds. The molecule has 0 bridgehead atoms. The summed E-state index contributed by atoms with van der Waals surface area (Å²) >= 11 is 7.30. The molecule has 1 atom stereocenters. The Morgan fingerprint density at radius 1 is 1.16 bits per heavy atom. The third-order valence-corrected chi connectivity index (χ3v) is 8.28. The second-order valence-electron chi connectivity index (χ2n) is 8.22. The van der Waals surface area contributed by atoms with Crippen LogP contribution in [0.15, 0.2) is 65.1 Å². The molecule has 1 aliphatic heterocycles. The van der Waals surface area contributed by atoms with Gasteiger partial charge < -0.3 is 15.4 Å². The molecular formula is C24H22ClFN6O3S2. The van der Waals surface area contributed by atoms with Gasteiger partial charge in [0.2, 0.25) is 11.8 Å². The van der Waals surface area contributed by atoms with Crippen molar-refractivity contribution in [1.82, 2.24) is 20.3 Å². The Balaban J connectivity index is 1.32. The SMILES string of the molecule is O=S(=O)(Nc1ccc(Oc2ncsc2-c2ccnc(N[C@H]3CCCNC3)n2)c(F)c1)c1ccccc1Cl. The molecule has 1 aliphatic rings. The second-order valence-corrected chi connectivity index (χ2v) is 11.1. The number of benzene rings is 2. The van der Waals surface area contributed by atoms with Crippen LogP contribution in [-0.2, 0) is 10.0 Å². The molecule has 13 heteroatoms. The first-order chi connectivity index (χ1) is 17.9. The number of halogens is 2. The standard InChI is InChI=1S/C24H22ClFN6O3S2/c25-17-5-1-2-6-21(17)37(33,34)32-15-7-8-20(18(26)12-15)35-23-22(36-14-29-23)19-9-11-28-24(31-19)30-16-4-3-10-27-13-16/h1-2,5-9,11-12,14,16,27,32H,3-4,10,13H2,(H,28,30,31)/t16-/m0/s1. The average Bonchev–Trinajstić information content (AvgIpc) is 3.35. The number of hydrogen-bond donors (Lipinski definition) is 3. The molecule has 0 spiro atoms. The summed E-state index contributed by atoms with van der Waals surface area (Å²) < 4.78 is 48.3. The normalized spacial score (nSPS) is 15.8. The number of thiazole rings is 1. The summed E-state index contributed by atoms with van der Waals surface area (Å²) in [5, 5.41) is 6.74. The van der Waals surface area contributed by atoms with E-state index in [1.54, 1.807) is 29.9 Å². The Bertz CT molecular complexity index is 1510. The van der Waals surface area contributed by atoms with Crippen LogP contribution < -0.4 is 20.1 Å². The van der Waals surface area contributed by atoms with Gasteiger partial charge in [-0.25, -0.2) is 27.8 Å². The summed E-state index contributed by atoms with van der Waals surface area (Å²) in [6, 6.07) is 11.7. The largest absolute Gasteiger partial charge is 0.434 e. The number of rotatable bonds is 8. The monoisotopic (exact) mass is 560 g/mol. The first-order valence-electron chi connectivity index (χ1n) is 11.4. The summed E-state index contributed by atoms with van der Waals surface area (Å²) in [6.45, 7) is 1.84. The molecule has 37 heavy (non-hydrogen) atoms. The van der Waals surface area contributed by atoms with Crippen molar-refractivity contribution in [2.45, 2.75) is 23.8 Å². The molecule has 0 aliphatic carbocycles. The van der Waals surface area contributed by atoms with Crippen LogP contribution >= 0.6 is 22.9 Å². The van der Waals surface area contributed by atoms with Gasteiger partial charge >= 0.3 is 0 Å². The van der Waals surface area contributed by atoms with Gasteiger partial charge in [0.05, 0.1) is 21.9 Å². The smallest absolute Gasteiger partial charge is 0.263 e. The summed E-state index contributed by atoms with van der Waals surface area (Å²) in [4.78, 5) is 13.6. The summed E-state index contributed by atoms with van der Waals surface area (Å²) in [5.41, 5.74) is 2.19. The minimum absolute atomic E-state index is 0.0204. The van der Waals surface area contributed by atoms with Crippen molar-refractivity contribution in [2.75, 3.05) is 23.1 Å². The number of sulfonamides is 1. The Morgan fingerprint density at radius 3 is 2.81 bits per heavy atom. The first kappa shape index (κ1) is 25.3. The number of ether oxygens (including phenoxy) is 1. The molecule has 0 saturated carbocycles. The van der Waals surface area contributed by atoms with Crippen molar-refractivity contribution in [3.63, 3.8) is 0 Å². The van der Waals surface area contributed by atoms with Crippen molar-refractivity contribution in [1.29, 1.82) is 0 Å². The predicted octanol–water partition coefficient (Wildman–Crippen LogP) is 5.15. The van der Waals surface area contributed by atoms with Gasteiger partial charge in [0.1, 0.15) is 9.77 Å². The van der Waals surface area contributed by atoms with E-state index in [0.717, 1.165) is 32.0 Å². The molecule has 0 radical (unpaired) electrons. The topological polar surface area (TPSA) is 118 Å². The van der Waals surface area contributed by atoms with Crippen LogP contribution in [-0.4, -0.2) is 42.5 Å². The third kappa shape index (κ3) is 5.99. The fourth-order valence-corrected chi connectivity index (χ4v) is 6.07. The quantitative estimate of drug-likeness (QED) is 0.271. The lowest BCUT2D eigenvalue weighted by Crippen LogP contribution is -2.38. The van der Waals surface area contributed by atoms with E-state index < -0.39 is 15.8 Å². The zero-order valence-electron chi connectivity index (χ0n) is 19.3. The number of nitrogens with zero attached hydrogens (tertiary/aromatic N) is 3. The van der Waals surface area contributed by atoms with Gasteiger partial charge in [-0.15, -0.1) is 11.3 Å². The van der Waals surface area contributed by atoms with Gasteiger partial charge in [0.15, 0.2) is 11.6 Å². The molecule has 2 aromatic heterocycles. The zero-order chi connectivity index (χ0) is 25.8. The summed E-state index contributed by atoms with van der Waals surface area (Å²) in [7, 11) is -4.01. The van der Waals surface area contributed by atoms with Crippen molar-refractivity contribution in [3.8, 4) is 22.2 Å². The number of aromatic nitrogens is 3. The Labute approximate surface area is 222 Å². The molecule has 192 valence electrons. The minimum atomic E-state index is -4.01. The minimum Gasteiger partial charge on any atom is -0.434 e. The highest BCUT2D eigenvalue weighted by molar-refractivity contribution is 7.92. The number of hydrogen-bond acceptors (Lipinski definition) is 9. The maximum atomic E-state index is 14.9. The van der Waals surface area contributed by atoms with E-state index in [2.05, 4.69) is 30.3 Å². The highest BCUT2D eigenvalue weighted by Crippen LogP contribution is 2.36. The fraction of sp³-hybridized carbons (Fsp3) is 0.208. The van der Waals surface area contributed by atoms with Gasteiger partial charge in [-0.1, -0.05) is 23.7 Å². The molecule has 3 N–H and O–H groups in total. The second kappa shape index (κ2) is 11.0. The molecule has 5 rings (SSSR count). The molecule has 2 aromatic carbocycles. The lowest BCUT2D eigenvalue weighted by Gasteiger charge is -2.23. The number of piperidine rings is 1. The molecule has 0 unspecified atom stereocenters. The Morgan fingerprint density at radius 2 is 2.03 bits per heavy atom. The van der Waals surface area contributed by atoms with Crippen molar-refractivity contribution < 1.29 is 17.5 Å². The van der Waals surface area contributed by atoms with Crippen LogP contribution in [0.2, 0.25) is 5.02 Å². The molecular weight excluding hydrogens is 539 g/mol. The number of nitrogens with one attached hydrogen (secondary N) is 3. The first-order valence-corrected chi connectivity index (χ1v) is 14.1. The molecule has 3 heterocycles. The Kier molecular flexibility index (Phi) is 7.51. The summed E-state index contributed by atoms with van der Waals surface area (Å²) in [5.74, 6) is -0.217. The van der Waals surface area contributed by atoms with E-state index in [-0.39, 0.29) is 33.3 Å². The van der Waals surface area contributed by atoms with Gasteiger partial charge in [0.25, 0.3) is 10.0 Å². The molecule has 1 saturated heterocycles. The molecule has 1 fully saturated rings. The van der Waals surface area contributed by atoms with E-state index in [1.807, 2.05) is 0 Å². The predicted molar refractivity (Wildman–Crippen MR) is 141 cm³/mol. The van der Waals surface area contributed by atoms with Gasteiger partial charge in [-0.2, -0.15) is 0 Å². The van der Waals surface area contributed by atoms with E-state index in [1.165, 1.54) is 35.6 Å². The highest BCUT2D eigenvalue weighted by atomic mass is 35.5. The zero-order valence-corrected chi connectivity index (χ0v) is 21.7. The highest BCUT2D eigenvalue weighted by Gasteiger charge is 2.20. The van der Waals surface area contributed by atoms with Crippen LogP contribution in [0.4, 0.5) is 16.0 Å². The maximum Gasteiger partial charge on any atom is 0.263 e. The van der Waals surface area contributed by atoms with Gasteiger partial charge in [0, 0.05) is 24.8 Å². The van der Waals surface area contributed by atoms with Gasteiger partial charge in [-0.05, 0) is 49.7 Å². The van der Waals surface area contributed by atoms with Crippen LogP contribution in [0.3, 0.4) is 0 Å². The van der Waals surface area contributed by atoms with Crippen LogP contribution in [0.5, 0.6) is 11.6 Å². The maximum absolute atomic E-state index is 14.9. The van der Waals surface area contributed by atoms with E-state index in [0.29, 0.717) is 16.5 Å². The van der Waals surface area contributed by atoms with Crippen molar-refractivity contribution >= 4 is 44.6 Å². The lowest BCUT2D eigenvalue weighted by molar-refractivity contribution is 0.431. The Hall–Kier alpha value is -3.32. The van der Waals surface area contributed by atoms with E-state index in [9.17, 15) is 12.8 Å². The van der Waals surface area contributed by atoms with E-state index in [4.69, 9.17) is 16.3 Å². The average molecular weight is 561 g/mol. The van der Waals surface area contributed by atoms with Crippen LogP contribution in [0, 0.1) is 5.82 Å². The summed E-state index contributed by atoms with van der Waals surface area (Å²) in [6.07, 6.45) is 3.75. The van der Waals surface area contributed by atoms with Crippen molar-refractivity contribution in [3.05, 3.63) is 71.1 Å². The molecule has 4 aromatic rings. The lowest BCUT2D eigenvalue weighted by atomic mass is 10.1.